The molecule has 1 aliphatic heterocycles. The van der Waals surface area contributed by atoms with Crippen molar-refractivity contribution in [3.8, 4) is 11.5 Å². The van der Waals surface area contributed by atoms with Gasteiger partial charge in [0, 0.05) is 0 Å². The van der Waals surface area contributed by atoms with Crippen molar-refractivity contribution in [1.29, 1.82) is 0 Å². The van der Waals surface area contributed by atoms with E-state index in [-0.39, 0.29) is 0 Å². The number of allylic oxidation sites excluding steroid dienone is 1. The molecule has 1 heterocycles. The Labute approximate surface area is 101 Å². The second-order valence-electron chi connectivity index (χ2n) is 4.51. The fourth-order valence-corrected chi connectivity index (χ4v) is 2.62. The lowest BCUT2D eigenvalue weighted by atomic mass is 9.98. The highest BCUT2D eigenvalue weighted by atomic mass is 16.7. The fourth-order valence-electron chi connectivity index (χ4n) is 2.62. The van der Waals surface area contributed by atoms with Crippen molar-refractivity contribution in [2.24, 2.45) is 0 Å². The zero-order chi connectivity index (χ0) is 11.7. The highest BCUT2D eigenvalue weighted by Gasteiger charge is 2.20. The zero-order valence-electron chi connectivity index (χ0n) is 10.0. The number of ether oxygens (including phenoxy) is 2. The van der Waals surface area contributed by atoms with Crippen molar-refractivity contribution in [1.82, 2.24) is 5.32 Å². The Morgan fingerprint density at radius 3 is 2.88 bits per heavy atom. The van der Waals surface area contributed by atoms with Gasteiger partial charge >= 0.3 is 0 Å². The number of rotatable bonds is 3. The second-order valence-corrected chi connectivity index (χ2v) is 4.51. The number of benzene rings is 1. The summed E-state index contributed by atoms with van der Waals surface area (Å²) >= 11 is 0. The lowest BCUT2D eigenvalue weighted by molar-refractivity contribution is 0.174. The van der Waals surface area contributed by atoms with Crippen LogP contribution in [0.25, 0.3) is 0 Å². The number of hydrogen-bond acceptors (Lipinski definition) is 3. The van der Waals surface area contributed by atoms with Crippen LogP contribution < -0.4 is 14.8 Å². The summed E-state index contributed by atoms with van der Waals surface area (Å²) in [4.78, 5) is 0. The van der Waals surface area contributed by atoms with Gasteiger partial charge in [0.2, 0.25) is 6.79 Å². The summed E-state index contributed by atoms with van der Waals surface area (Å²) in [7, 11) is 2.01. The van der Waals surface area contributed by atoms with Crippen LogP contribution in [-0.2, 0) is 0 Å². The molecular formula is C14H17NO2. The van der Waals surface area contributed by atoms with E-state index in [9.17, 15) is 0 Å². The predicted octanol–water partition coefficient (Wildman–Crippen LogP) is 2.79. The first-order valence-corrected chi connectivity index (χ1v) is 6.14. The number of fused-ring (bicyclic) bond motifs is 1. The van der Waals surface area contributed by atoms with Gasteiger partial charge < -0.3 is 14.8 Å². The Balaban J connectivity index is 1.91. The van der Waals surface area contributed by atoms with Crippen LogP contribution in [0.1, 0.15) is 30.9 Å². The molecule has 1 aromatic carbocycles. The van der Waals surface area contributed by atoms with Gasteiger partial charge in [0.05, 0.1) is 6.04 Å². The van der Waals surface area contributed by atoms with Crippen LogP contribution in [0.15, 0.2) is 29.8 Å². The van der Waals surface area contributed by atoms with E-state index in [0.29, 0.717) is 12.8 Å². The summed E-state index contributed by atoms with van der Waals surface area (Å²) in [6, 6.07) is 6.51. The number of likely N-dealkylation sites (N-methyl/N-ethyl adjacent to an activating group) is 1. The van der Waals surface area contributed by atoms with Gasteiger partial charge in [-0.25, -0.2) is 0 Å². The highest BCUT2D eigenvalue weighted by Crippen LogP contribution is 2.37. The third kappa shape index (κ3) is 1.91. The summed E-state index contributed by atoms with van der Waals surface area (Å²) in [5.74, 6) is 1.71. The molecule has 90 valence electrons. The maximum atomic E-state index is 5.43. The van der Waals surface area contributed by atoms with Crippen LogP contribution in [0.4, 0.5) is 0 Å². The van der Waals surface area contributed by atoms with Crippen molar-refractivity contribution in [2.45, 2.75) is 25.3 Å². The molecule has 0 fully saturated rings. The number of nitrogens with one attached hydrogen (secondary N) is 1. The van der Waals surface area contributed by atoms with Gasteiger partial charge in [-0.05, 0) is 44.0 Å². The molecule has 1 unspecified atom stereocenters. The van der Waals surface area contributed by atoms with Gasteiger partial charge in [0.25, 0.3) is 0 Å². The molecule has 1 aromatic rings. The van der Waals surface area contributed by atoms with E-state index in [1.165, 1.54) is 30.4 Å². The molecule has 1 atom stereocenters. The standard InChI is InChI=1S/C14H17NO2/c1-15-14(10-4-2-3-5-10)11-6-7-12-13(8-11)17-9-16-12/h4,6-8,14-15H,2-3,5,9H2,1H3. The van der Waals surface area contributed by atoms with Crippen molar-refractivity contribution >= 4 is 0 Å². The van der Waals surface area contributed by atoms with Gasteiger partial charge in [0.15, 0.2) is 11.5 Å². The van der Waals surface area contributed by atoms with Crippen molar-refractivity contribution in [2.75, 3.05) is 13.8 Å². The van der Waals surface area contributed by atoms with Crippen LogP contribution in [0.5, 0.6) is 11.5 Å². The molecule has 3 heteroatoms. The van der Waals surface area contributed by atoms with Crippen LogP contribution >= 0.6 is 0 Å². The third-order valence-corrected chi connectivity index (χ3v) is 3.47. The molecule has 0 spiro atoms. The molecule has 0 aromatic heterocycles. The van der Waals surface area contributed by atoms with Crippen LogP contribution in [0, 0.1) is 0 Å². The molecule has 2 aliphatic rings. The first-order chi connectivity index (χ1) is 8.38. The van der Waals surface area contributed by atoms with E-state index >= 15 is 0 Å². The normalized spacial score (nSPS) is 19.2. The lowest BCUT2D eigenvalue weighted by Crippen LogP contribution is -2.17. The predicted molar refractivity (Wildman–Crippen MR) is 66.3 cm³/mol. The smallest absolute Gasteiger partial charge is 0.231 e. The molecule has 1 aliphatic carbocycles. The average molecular weight is 231 g/mol. The van der Waals surface area contributed by atoms with Gasteiger partial charge in [-0.3, -0.25) is 0 Å². The van der Waals surface area contributed by atoms with Crippen LogP contribution in [0.3, 0.4) is 0 Å². The quantitative estimate of drug-likeness (QED) is 0.811. The summed E-state index contributed by atoms with van der Waals surface area (Å²) in [5.41, 5.74) is 2.75. The van der Waals surface area contributed by atoms with Crippen molar-refractivity contribution in [3.05, 3.63) is 35.4 Å². The number of hydrogen-bond donors (Lipinski definition) is 1. The van der Waals surface area contributed by atoms with Gasteiger partial charge in [-0.2, -0.15) is 0 Å². The van der Waals surface area contributed by atoms with E-state index in [1.807, 2.05) is 13.1 Å². The molecule has 1 N–H and O–H groups in total. The topological polar surface area (TPSA) is 30.5 Å². The highest BCUT2D eigenvalue weighted by molar-refractivity contribution is 5.46. The Morgan fingerprint density at radius 1 is 1.24 bits per heavy atom. The summed E-state index contributed by atoms with van der Waals surface area (Å²) in [6.07, 6.45) is 6.03. The van der Waals surface area contributed by atoms with Gasteiger partial charge in [-0.15, -0.1) is 0 Å². The average Bonchev–Trinajstić information content (AvgIpc) is 2.99. The molecule has 17 heavy (non-hydrogen) atoms. The van der Waals surface area contributed by atoms with E-state index in [1.54, 1.807) is 0 Å². The van der Waals surface area contributed by atoms with Gasteiger partial charge in [0.1, 0.15) is 0 Å². The second kappa shape index (κ2) is 4.41. The van der Waals surface area contributed by atoms with Crippen LogP contribution in [0.2, 0.25) is 0 Å². The minimum absolute atomic E-state index is 0.312. The van der Waals surface area contributed by atoms with Crippen molar-refractivity contribution < 1.29 is 9.47 Å². The minimum Gasteiger partial charge on any atom is -0.454 e. The zero-order valence-corrected chi connectivity index (χ0v) is 10.0. The largest absolute Gasteiger partial charge is 0.454 e. The first kappa shape index (κ1) is 10.7. The van der Waals surface area contributed by atoms with Gasteiger partial charge in [-0.1, -0.05) is 17.7 Å². The summed E-state index contributed by atoms with van der Waals surface area (Å²) in [5, 5.41) is 3.39. The molecule has 0 radical (unpaired) electrons. The Morgan fingerprint density at radius 2 is 2.12 bits per heavy atom. The van der Waals surface area contributed by atoms with E-state index in [2.05, 4.69) is 23.5 Å². The first-order valence-electron chi connectivity index (χ1n) is 6.14. The van der Waals surface area contributed by atoms with E-state index in [0.717, 1.165) is 11.5 Å². The SMILES string of the molecule is CNC(C1=CCCC1)c1ccc2c(c1)OCO2. The molecule has 0 amide bonds. The molecule has 0 saturated carbocycles. The molecule has 3 nitrogen and oxygen atoms in total. The lowest BCUT2D eigenvalue weighted by Gasteiger charge is -2.18. The maximum absolute atomic E-state index is 5.43. The molecular weight excluding hydrogens is 214 g/mol. The summed E-state index contributed by atoms with van der Waals surface area (Å²) in [6.45, 7) is 0.339. The fraction of sp³-hybridized carbons (Fsp3) is 0.429. The molecule has 0 bridgehead atoms. The van der Waals surface area contributed by atoms with E-state index < -0.39 is 0 Å². The Hall–Kier alpha value is -1.48. The maximum Gasteiger partial charge on any atom is 0.231 e. The molecule has 0 saturated heterocycles. The van der Waals surface area contributed by atoms with E-state index in [4.69, 9.17) is 9.47 Å². The summed E-state index contributed by atoms with van der Waals surface area (Å²) < 4.78 is 10.8. The van der Waals surface area contributed by atoms with Crippen LogP contribution in [-0.4, -0.2) is 13.8 Å². The Kier molecular flexibility index (Phi) is 2.77. The molecule has 3 rings (SSSR count). The minimum atomic E-state index is 0.312. The van der Waals surface area contributed by atoms with Crippen molar-refractivity contribution in [3.63, 3.8) is 0 Å². The monoisotopic (exact) mass is 231 g/mol. The Bertz CT molecular complexity index is 454. The third-order valence-electron chi connectivity index (χ3n) is 3.47.